The smallest absolute Gasteiger partial charge is 0.105 e. The van der Waals surface area contributed by atoms with Crippen molar-refractivity contribution in [2.75, 3.05) is 13.6 Å². The van der Waals surface area contributed by atoms with E-state index in [4.69, 9.17) is 0 Å². The molecule has 0 radical (unpaired) electrons. The molecule has 0 aromatic carbocycles. The molecule has 3 nitrogen and oxygen atoms in total. The fraction of sp³-hybridized carbons (Fsp3) is 0.700. The molecule has 1 aromatic heterocycles. The topological polar surface area (TPSA) is 29.9 Å². The van der Waals surface area contributed by atoms with Gasteiger partial charge in [0, 0.05) is 18.4 Å². The van der Waals surface area contributed by atoms with Gasteiger partial charge in [0.05, 0.1) is 0 Å². The summed E-state index contributed by atoms with van der Waals surface area (Å²) in [5.41, 5.74) is 0. The molecule has 0 fully saturated rings. The van der Waals surface area contributed by atoms with Gasteiger partial charge in [-0.1, -0.05) is 6.92 Å². The van der Waals surface area contributed by atoms with Crippen LogP contribution in [0.25, 0.3) is 0 Å². The van der Waals surface area contributed by atoms with Gasteiger partial charge in [-0.15, -0.1) is 0 Å². The van der Waals surface area contributed by atoms with Gasteiger partial charge in [0.2, 0.25) is 0 Å². The molecule has 2 unspecified atom stereocenters. The van der Waals surface area contributed by atoms with Crippen molar-refractivity contribution in [1.82, 2.24) is 14.9 Å². The van der Waals surface area contributed by atoms with Crippen LogP contribution in [0.1, 0.15) is 25.7 Å². The first-order valence-corrected chi connectivity index (χ1v) is 4.80. The van der Waals surface area contributed by atoms with Gasteiger partial charge in [0.15, 0.2) is 0 Å². The van der Waals surface area contributed by atoms with Crippen LogP contribution in [0.3, 0.4) is 0 Å². The van der Waals surface area contributed by atoms with Crippen LogP contribution in [-0.4, -0.2) is 23.1 Å². The highest BCUT2D eigenvalue weighted by molar-refractivity contribution is 4.92. The van der Waals surface area contributed by atoms with Gasteiger partial charge in [-0.2, -0.15) is 0 Å². The normalized spacial score (nSPS) is 15.7. The highest BCUT2D eigenvalue weighted by atomic mass is 15.1. The Morgan fingerprint density at radius 2 is 2.23 bits per heavy atom. The zero-order valence-electron chi connectivity index (χ0n) is 8.91. The number of aromatic nitrogens is 2. The predicted molar refractivity (Wildman–Crippen MR) is 54.8 cm³/mol. The zero-order chi connectivity index (χ0) is 9.84. The van der Waals surface area contributed by atoms with Crippen molar-refractivity contribution in [3.8, 4) is 0 Å². The monoisotopic (exact) mass is 181 g/mol. The third kappa shape index (κ3) is 2.31. The molecule has 1 aromatic rings. The van der Waals surface area contributed by atoms with Crippen molar-refractivity contribution in [1.29, 1.82) is 0 Å². The molecular formula is C10H19N3. The summed E-state index contributed by atoms with van der Waals surface area (Å²) in [6, 6.07) is 0.509. The van der Waals surface area contributed by atoms with Crippen molar-refractivity contribution >= 4 is 0 Å². The van der Waals surface area contributed by atoms with Crippen molar-refractivity contribution in [3.63, 3.8) is 0 Å². The van der Waals surface area contributed by atoms with Crippen molar-refractivity contribution in [3.05, 3.63) is 18.2 Å². The number of hydrogen-bond donors (Lipinski definition) is 1. The maximum absolute atomic E-state index is 4.22. The van der Waals surface area contributed by atoms with E-state index in [2.05, 4.69) is 28.7 Å². The summed E-state index contributed by atoms with van der Waals surface area (Å²) in [5.74, 6) is 1.72. The van der Waals surface area contributed by atoms with Crippen LogP contribution < -0.4 is 5.32 Å². The maximum Gasteiger partial charge on any atom is 0.105 e. The molecule has 3 heteroatoms. The molecule has 1 rings (SSSR count). The van der Waals surface area contributed by atoms with Gasteiger partial charge >= 0.3 is 0 Å². The Kier molecular flexibility index (Phi) is 3.48. The van der Waals surface area contributed by atoms with E-state index in [1.165, 1.54) is 0 Å². The minimum Gasteiger partial charge on any atom is -0.332 e. The van der Waals surface area contributed by atoms with E-state index in [9.17, 15) is 0 Å². The fourth-order valence-electron chi connectivity index (χ4n) is 1.58. The van der Waals surface area contributed by atoms with E-state index in [1.807, 2.05) is 26.4 Å². The van der Waals surface area contributed by atoms with E-state index in [0.29, 0.717) is 12.0 Å². The Labute approximate surface area is 80.2 Å². The molecule has 0 aliphatic rings. The average Bonchev–Trinajstić information content (AvgIpc) is 2.50. The van der Waals surface area contributed by atoms with Gasteiger partial charge < -0.3 is 9.88 Å². The van der Waals surface area contributed by atoms with Crippen LogP contribution in [0.2, 0.25) is 0 Å². The van der Waals surface area contributed by atoms with E-state index >= 15 is 0 Å². The Bertz CT molecular complexity index is 254. The lowest BCUT2D eigenvalue weighted by molar-refractivity contribution is 0.364. The first-order chi connectivity index (χ1) is 6.16. The summed E-state index contributed by atoms with van der Waals surface area (Å²) >= 11 is 0. The van der Waals surface area contributed by atoms with Crippen LogP contribution in [-0.2, 0) is 0 Å². The van der Waals surface area contributed by atoms with Gasteiger partial charge in [0.1, 0.15) is 5.82 Å². The molecule has 1 N–H and O–H groups in total. The standard InChI is InChI=1S/C10H19N3/c1-8(7-11-4)9(2)13-6-5-12-10(13)3/h5-6,8-9,11H,7H2,1-4H3. The average molecular weight is 181 g/mol. The van der Waals surface area contributed by atoms with E-state index in [0.717, 1.165) is 12.4 Å². The summed E-state index contributed by atoms with van der Waals surface area (Å²) in [5, 5.41) is 3.20. The van der Waals surface area contributed by atoms with Crippen LogP contribution in [0.4, 0.5) is 0 Å². The zero-order valence-corrected chi connectivity index (χ0v) is 8.91. The summed E-state index contributed by atoms with van der Waals surface area (Å²) in [6.45, 7) is 7.57. The molecule has 0 saturated heterocycles. The lowest BCUT2D eigenvalue weighted by Gasteiger charge is -2.22. The minimum absolute atomic E-state index is 0.509. The highest BCUT2D eigenvalue weighted by Gasteiger charge is 2.13. The van der Waals surface area contributed by atoms with Crippen molar-refractivity contribution in [2.24, 2.45) is 5.92 Å². The number of nitrogens with one attached hydrogen (secondary N) is 1. The molecule has 2 atom stereocenters. The Morgan fingerprint density at radius 1 is 1.54 bits per heavy atom. The lowest BCUT2D eigenvalue weighted by atomic mass is 10.0. The Balaban J connectivity index is 2.67. The third-order valence-electron chi connectivity index (χ3n) is 2.65. The Morgan fingerprint density at radius 3 is 2.69 bits per heavy atom. The number of hydrogen-bond acceptors (Lipinski definition) is 2. The summed E-state index contributed by atoms with van der Waals surface area (Å²) in [6.07, 6.45) is 3.91. The molecule has 0 bridgehead atoms. The second-order valence-electron chi connectivity index (χ2n) is 3.66. The summed E-state index contributed by atoms with van der Waals surface area (Å²) in [4.78, 5) is 4.22. The molecule has 13 heavy (non-hydrogen) atoms. The molecule has 0 spiro atoms. The van der Waals surface area contributed by atoms with E-state index < -0.39 is 0 Å². The van der Waals surface area contributed by atoms with Crippen molar-refractivity contribution < 1.29 is 0 Å². The quantitative estimate of drug-likeness (QED) is 0.764. The molecule has 0 amide bonds. The number of imidazole rings is 1. The van der Waals surface area contributed by atoms with E-state index in [-0.39, 0.29) is 0 Å². The second kappa shape index (κ2) is 4.42. The Hall–Kier alpha value is -0.830. The minimum atomic E-state index is 0.509. The molecule has 74 valence electrons. The summed E-state index contributed by atoms with van der Waals surface area (Å²) in [7, 11) is 1.99. The lowest BCUT2D eigenvalue weighted by Crippen LogP contribution is -2.24. The second-order valence-corrected chi connectivity index (χ2v) is 3.66. The predicted octanol–water partition coefficient (Wildman–Crippen LogP) is 1.61. The van der Waals surface area contributed by atoms with Crippen molar-refractivity contribution in [2.45, 2.75) is 26.8 Å². The van der Waals surface area contributed by atoms with Crippen LogP contribution in [0, 0.1) is 12.8 Å². The number of nitrogens with zero attached hydrogens (tertiary/aromatic N) is 2. The van der Waals surface area contributed by atoms with E-state index in [1.54, 1.807) is 0 Å². The van der Waals surface area contributed by atoms with Gasteiger partial charge in [-0.25, -0.2) is 4.98 Å². The third-order valence-corrected chi connectivity index (χ3v) is 2.65. The first-order valence-electron chi connectivity index (χ1n) is 4.80. The van der Waals surface area contributed by atoms with Crippen LogP contribution >= 0.6 is 0 Å². The van der Waals surface area contributed by atoms with Gasteiger partial charge in [0.25, 0.3) is 0 Å². The molecule has 0 saturated carbocycles. The SMILES string of the molecule is CNCC(C)C(C)n1ccnc1C. The molecular weight excluding hydrogens is 162 g/mol. The van der Waals surface area contributed by atoms with Crippen LogP contribution in [0.5, 0.6) is 0 Å². The number of rotatable bonds is 4. The largest absolute Gasteiger partial charge is 0.332 e. The van der Waals surface area contributed by atoms with Gasteiger partial charge in [-0.3, -0.25) is 0 Å². The first kappa shape index (κ1) is 10.3. The molecule has 1 heterocycles. The molecule has 0 aliphatic carbocycles. The summed E-state index contributed by atoms with van der Waals surface area (Å²) < 4.78 is 2.22. The number of aryl methyl sites for hydroxylation is 1. The fourth-order valence-corrected chi connectivity index (χ4v) is 1.58. The van der Waals surface area contributed by atoms with Crippen LogP contribution in [0.15, 0.2) is 12.4 Å². The van der Waals surface area contributed by atoms with Gasteiger partial charge in [-0.05, 0) is 33.4 Å². The highest BCUT2D eigenvalue weighted by Crippen LogP contribution is 2.17. The molecule has 0 aliphatic heterocycles. The maximum atomic E-state index is 4.22.